The first-order valence-corrected chi connectivity index (χ1v) is 5.33. The summed E-state index contributed by atoms with van der Waals surface area (Å²) in [6.07, 6.45) is -4.29. The van der Waals surface area contributed by atoms with Crippen molar-refractivity contribution in [1.29, 1.82) is 0 Å². The molecule has 0 aromatic carbocycles. The fourth-order valence-corrected chi connectivity index (χ4v) is 2.06. The topological polar surface area (TPSA) is 117 Å². The lowest BCUT2D eigenvalue weighted by Gasteiger charge is -2.25. The minimum Gasteiger partial charge on any atom is -0.390 e. The maximum Gasteiger partial charge on any atom is 0.190 e. The summed E-state index contributed by atoms with van der Waals surface area (Å²) in [6.45, 7) is 3.26. The lowest BCUT2D eigenvalue weighted by atomic mass is 10.1. The maximum atomic E-state index is 9.94. The Kier molecular flexibility index (Phi) is 3.26. The van der Waals surface area contributed by atoms with Crippen molar-refractivity contribution in [2.75, 3.05) is 6.54 Å². The van der Waals surface area contributed by atoms with Crippen molar-refractivity contribution < 1.29 is 24.4 Å². The van der Waals surface area contributed by atoms with Gasteiger partial charge in [-0.15, -0.1) is 0 Å². The number of aliphatic hydroxyl groups excluding tert-OH is 2. The zero-order valence-corrected chi connectivity index (χ0v) is 9.55. The molecule has 96 valence electrons. The molecule has 0 aromatic rings. The standard InChI is InChI=1S/C9H15N3O5/c1-9(2)16-7-5(14)6(15-8(7)17-9)4(13)3-11-12-10/h4-8,13-14H,3H2,1-2H3. The summed E-state index contributed by atoms with van der Waals surface area (Å²) < 4.78 is 16.2. The smallest absolute Gasteiger partial charge is 0.190 e. The van der Waals surface area contributed by atoms with Crippen LogP contribution in [0.15, 0.2) is 5.11 Å². The number of fused-ring (bicyclic) bond motifs is 1. The summed E-state index contributed by atoms with van der Waals surface area (Å²) in [7, 11) is 0. The SMILES string of the molecule is CC1(C)OC2OC(C(O)CN=[N+]=[N-])C(O)C2O1. The molecule has 5 atom stereocenters. The van der Waals surface area contributed by atoms with E-state index in [1.165, 1.54) is 0 Å². The van der Waals surface area contributed by atoms with Gasteiger partial charge in [0.2, 0.25) is 0 Å². The van der Waals surface area contributed by atoms with Gasteiger partial charge in [0.15, 0.2) is 12.1 Å². The average Bonchev–Trinajstić information content (AvgIpc) is 2.70. The molecule has 8 heteroatoms. The van der Waals surface area contributed by atoms with Crippen molar-refractivity contribution in [2.45, 2.75) is 50.3 Å². The number of ether oxygens (including phenoxy) is 3. The average molecular weight is 245 g/mol. The Balaban J connectivity index is 2.00. The molecular formula is C9H15N3O5. The van der Waals surface area contributed by atoms with Gasteiger partial charge in [0, 0.05) is 4.91 Å². The molecule has 17 heavy (non-hydrogen) atoms. The van der Waals surface area contributed by atoms with E-state index in [0.717, 1.165) is 0 Å². The summed E-state index contributed by atoms with van der Waals surface area (Å²) >= 11 is 0. The van der Waals surface area contributed by atoms with Crippen molar-refractivity contribution in [3.8, 4) is 0 Å². The summed E-state index contributed by atoms with van der Waals surface area (Å²) in [5.41, 5.74) is 8.15. The molecule has 0 aliphatic carbocycles. The van der Waals surface area contributed by atoms with Crippen molar-refractivity contribution >= 4 is 0 Å². The maximum absolute atomic E-state index is 9.94. The van der Waals surface area contributed by atoms with Crippen molar-refractivity contribution in [3.05, 3.63) is 10.4 Å². The molecule has 0 amide bonds. The minimum atomic E-state index is -1.08. The Morgan fingerprint density at radius 2 is 2.18 bits per heavy atom. The zero-order valence-electron chi connectivity index (χ0n) is 9.55. The van der Waals surface area contributed by atoms with Crippen LogP contribution in [-0.2, 0) is 14.2 Å². The van der Waals surface area contributed by atoms with Gasteiger partial charge in [-0.3, -0.25) is 0 Å². The zero-order chi connectivity index (χ0) is 12.6. The first kappa shape index (κ1) is 12.6. The first-order valence-electron chi connectivity index (χ1n) is 5.33. The Labute approximate surface area is 97.7 Å². The van der Waals surface area contributed by atoms with Gasteiger partial charge in [0.1, 0.15) is 18.3 Å². The number of nitrogens with zero attached hydrogens (tertiary/aromatic N) is 3. The van der Waals surface area contributed by atoms with Crippen LogP contribution < -0.4 is 0 Å². The van der Waals surface area contributed by atoms with Crippen LogP contribution in [0.1, 0.15) is 13.8 Å². The molecule has 0 spiro atoms. The largest absolute Gasteiger partial charge is 0.390 e. The molecule has 2 aliphatic rings. The first-order chi connectivity index (χ1) is 7.94. The lowest BCUT2D eigenvalue weighted by Crippen LogP contribution is -2.42. The van der Waals surface area contributed by atoms with Crippen LogP contribution in [-0.4, -0.2) is 53.3 Å². The number of hydrogen-bond donors (Lipinski definition) is 2. The number of aliphatic hydroxyl groups is 2. The Bertz CT molecular complexity index is 344. The normalized spacial score (nSPS) is 40.7. The van der Waals surface area contributed by atoms with Gasteiger partial charge in [-0.05, 0) is 19.4 Å². The molecule has 0 bridgehead atoms. The van der Waals surface area contributed by atoms with Crippen LogP contribution in [0.25, 0.3) is 10.4 Å². The lowest BCUT2D eigenvalue weighted by molar-refractivity contribution is -0.224. The molecule has 8 nitrogen and oxygen atoms in total. The van der Waals surface area contributed by atoms with Gasteiger partial charge in [0.25, 0.3) is 0 Å². The molecule has 2 fully saturated rings. The Hall–Kier alpha value is -0.890. The van der Waals surface area contributed by atoms with Crippen molar-refractivity contribution in [1.82, 2.24) is 0 Å². The van der Waals surface area contributed by atoms with Crippen LogP contribution in [0.5, 0.6) is 0 Å². The summed E-state index contributed by atoms with van der Waals surface area (Å²) in [5, 5.41) is 22.8. The second-order valence-electron chi connectivity index (χ2n) is 4.54. The molecule has 2 N–H and O–H groups in total. The predicted molar refractivity (Wildman–Crippen MR) is 54.7 cm³/mol. The van der Waals surface area contributed by atoms with Gasteiger partial charge >= 0.3 is 0 Å². The summed E-state index contributed by atoms with van der Waals surface area (Å²) in [4.78, 5) is 2.53. The van der Waals surface area contributed by atoms with E-state index in [1.807, 2.05) is 0 Å². The highest BCUT2D eigenvalue weighted by atomic mass is 16.8. The molecule has 0 saturated carbocycles. The van der Waals surface area contributed by atoms with Gasteiger partial charge in [-0.25, -0.2) is 0 Å². The van der Waals surface area contributed by atoms with E-state index in [2.05, 4.69) is 10.0 Å². The van der Waals surface area contributed by atoms with E-state index in [-0.39, 0.29) is 6.54 Å². The van der Waals surface area contributed by atoms with Crippen LogP contribution in [0.4, 0.5) is 0 Å². The second kappa shape index (κ2) is 4.41. The molecule has 2 aliphatic heterocycles. The minimum absolute atomic E-state index is 0.166. The molecule has 0 radical (unpaired) electrons. The Morgan fingerprint density at radius 1 is 1.47 bits per heavy atom. The van der Waals surface area contributed by atoms with Crippen molar-refractivity contribution in [3.63, 3.8) is 0 Å². The van der Waals surface area contributed by atoms with Gasteiger partial charge in [-0.2, -0.15) is 0 Å². The molecule has 0 aromatic heterocycles. The van der Waals surface area contributed by atoms with Gasteiger partial charge in [0.05, 0.1) is 12.6 Å². The third-order valence-electron chi connectivity index (χ3n) is 2.76. The van der Waals surface area contributed by atoms with Crippen molar-refractivity contribution in [2.24, 2.45) is 5.11 Å². The fraction of sp³-hybridized carbons (Fsp3) is 1.00. The van der Waals surface area contributed by atoms with E-state index in [4.69, 9.17) is 19.7 Å². The second-order valence-corrected chi connectivity index (χ2v) is 4.54. The van der Waals surface area contributed by atoms with Gasteiger partial charge < -0.3 is 24.4 Å². The molecule has 2 heterocycles. The third kappa shape index (κ3) is 2.37. The highest BCUT2D eigenvalue weighted by Crippen LogP contribution is 2.38. The number of hydrogen-bond acceptors (Lipinski definition) is 6. The summed E-state index contributed by atoms with van der Waals surface area (Å²) in [5.74, 6) is -0.808. The highest BCUT2D eigenvalue weighted by molar-refractivity contribution is 4.96. The van der Waals surface area contributed by atoms with E-state index in [9.17, 15) is 10.2 Å². The fourth-order valence-electron chi connectivity index (χ4n) is 2.06. The van der Waals surface area contributed by atoms with Gasteiger partial charge in [-0.1, -0.05) is 5.11 Å². The van der Waals surface area contributed by atoms with Crippen LogP contribution in [0.3, 0.4) is 0 Å². The predicted octanol–water partition coefficient (Wildman–Crippen LogP) is -0.105. The van der Waals surface area contributed by atoms with Crippen LogP contribution in [0.2, 0.25) is 0 Å². The van der Waals surface area contributed by atoms with E-state index < -0.39 is 36.5 Å². The number of rotatable bonds is 3. The third-order valence-corrected chi connectivity index (χ3v) is 2.76. The van der Waals surface area contributed by atoms with E-state index in [1.54, 1.807) is 13.8 Å². The monoisotopic (exact) mass is 245 g/mol. The summed E-state index contributed by atoms with van der Waals surface area (Å²) in [6, 6.07) is 0. The van der Waals surface area contributed by atoms with Crippen LogP contribution >= 0.6 is 0 Å². The molecule has 2 rings (SSSR count). The highest BCUT2D eigenvalue weighted by Gasteiger charge is 2.55. The van der Waals surface area contributed by atoms with Crippen LogP contribution in [0, 0.1) is 0 Å². The quantitative estimate of drug-likeness (QED) is 0.409. The Morgan fingerprint density at radius 3 is 2.76 bits per heavy atom. The molecule has 5 unspecified atom stereocenters. The molecular weight excluding hydrogens is 230 g/mol. The number of azide groups is 1. The van der Waals surface area contributed by atoms with E-state index in [0.29, 0.717) is 0 Å². The molecule has 2 saturated heterocycles. The van der Waals surface area contributed by atoms with E-state index >= 15 is 0 Å².